The Labute approximate surface area is 151 Å². The van der Waals surface area contributed by atoms with Crippen molar-refractivity contribution < 1.29 is 19.1 Å². The van der Waals surface area contributed by atoms with Crippen LogP contribution in [0.15, 0.2) is 54.6 Å². The van der Waals surface area contributed by atoms with Gasteiger partial charge in [0.2, 0.25) is 0 Å². The lowest BCUT2D eigenvalue weighted by molar-refractivity contribution is -0.148. The van der Waals surface area contributed by atoms with Crippen molar-refractivity contribution in [1.82, 2.24) is 0 Å². The quantitative estimate of drug-likeness (QED) is 0.639. The molecule has 0 aromatic heterocycles. The highest BCUT2D eigenvalue weighted by Crippen LogP contribution is 2.14. The van der Waals surface area contributed by atoms with Gasteiger partial charge in [0.15, 0.2) is 6.10 Å². The molecular weight excluding hydrogens is 332 g/mol. The van der Waals surface area contributed by atoms with Crippen LogP contribution in [-0.2, 0) is 14.3 Å². The number of benzene rings is 2. The second kappa shape index (κ2) is 9.04. The Balaban J connectivity index is 1.92. The first kappa shape index (κ1) is 18.7. The first-order valence-electron chi connectivity index (χ1n) is 7.85. The molecule has 0 aliphatic heterocycles. The van der Waals surface area contributed by atoms with Crippen LogP contribution in [0, 0.1) is 11.3 Å². The van der Waals surface area contributed by atoms with Gasteiger partial charge in [0.05, 0.1) is 18.7 Å². The summed E-state index contributed by atoms with van der Waals surface area (Å²) in [5.41, 5.74) is 1.66. The molecule has 26 heavy (non-hydrogen) atoms. The lowest BCUT2D eigenvalue weighted by Gasteiger charge is -2.12. The molecule has 1 unspecified atom stereocenters. The Kier molecular flexibility index (Phi) is 6.52. The monoisotopic (exact) mass is 350 g/mol. The third kappa shape index (κ3) is 5.49. The first-order chi connectivity index (χ1) is 12.5. The molecule has 0 aliphatic rings. The fourth-order valence-corrected chi connectivity index (χ4v) is 2.09. The molecule has 0 saturated heterocycles. The van der Waals surface area contributed by atoms with Crippen molar-refractivity contribution in [2.45, 2.75) is 13.0 Å². The molecule has 1 atom stereocenters. The minimum atomic E-state index is -0.983. The van der Waals surface area contributed by atoms with E-state index in [-0.39, 0.29) is 0 Å². The highest BCUT2D eigenvalue weighted by atomic mass is 16.5. The Morgan fingerprint density at radius 3 is 2.69 bits per heavy atom. The molecule has 6 nitrogen and oxygen atoms in total. The lowest BCUT2D eigenvalue weighted by atomic mass is 10.2. The number of rotatable bonds is 6. The Hall–Kier alpha value is -3.59. The molecule has 1 amide bonds. The minimum Gasteiger partial charge on any atom is -0.497 e. The van der Waals surface area contributed by atoms with E-state index in [1.54, 1.807) is 49.6 Å². The predicted molar refractivity (Wildman–Crippen MR) is 97.4 cm³/mol. The zero-order valence-electron chi connectivity index (χ0n) is 14.4. The lowest BCUT2D eigenvalue weighted by Crippen LogP contribution is -2.29. The van der Waals surface area contributed by atoms with Crippen molar-refractivity contribution in [3.8, 4) is 11.8 Å². The van der Waals surface area contributed by atoms with E-state index in [0.29, 0.717) is 17.0 Å². The molecule has 2 rings (SSSR count). The zero-order valence-corrected chi connectivity index (χ0v) is 14.4. The van der Waals surface area contributed by atoms with Crippen LogP contribution in [0.4, 0.5) is 5.69 Å². The summed E-state index contributed by atoms with van der Waals surface area (Å²) in [7, 11) is 1.56. The van der Waals surface area contributed by atoms with Gasteiger partial charge in [-0.25, -0.2) is 4.79 Å². The predicted octanol–water partition coefficient (Wildman–Crippen LogP) is 3.15. The van der Waals surface area contributed by atoms with Gasteiger partial charge in [-0.1, -0.05) is 18.2 Å². The van der Waals surface area contributed by atoms with E-state index in [2.05, 4.69) is 5.32 Å². The van der Waals surface area contributed by atoms with E-state index in [0.717, 1.165) is 5.56 Å². The number of anilines is 1. The minimum absolute atomic E-state index is 0.425. The number of nitrogens with zero attached hydrogens (tertiary/aromatic N) is 1. The average Bonchev–Trinajstić information content (AvgIpc) is 2.66. The van der Waals surface area contributed by atoms with Gasteiger partial charge in [-0.3, -0.25) is 4.79 Å². The van der Waals surface area contributed by atoms with Gasteiger partial charge in [0.25, 0.3) is 5.91 Å². The van der Waals surface area contributed by atoms with Crippen molar-refractivity contribution >= 4 is 23.6 Å². The van der Waals surface area contributed by atoms with Crippen LogP contribution in [-0.4, -0.2) is 25.1 Å². The molecule has 0 saturated carbocycles. The standard InChI is InChI=1S/C20H18N2O4/c1-14(20(24)22-17-7-3-6-16(11-17)13-21)26-19(23)10-9-15-5-4-8-18(12-15)25-2/h3-12,14H,1-2H3,(H,22,24)/b10-9+. The molecule has 6 heteroatoms. The number of nitriles is 1. The third-order valence-corrected chi connectivity index (χ3v) is 3.43. The third-order valence-electron chi connectivity index (χ3n) is 3.43. The summed E-state index contributed by atoms with van der Waals surface area (Å²) in [4.78, 5) is 24.0. The molecule has 1 N–H and O–H groups in total. The summed E-state index contributed by atoms with van der Waals surface area (Å²) >= 11 is 0. The number of hydrogen-bond acceptors (Lipinski definition) is 5. The average molecular weight is 350 g/mol. The fourth-order valence-electron chi connectivity index (χ4n) is 2.09. The Bertz CT molecular complexity index is 868. The van der Waals surface area contributed by atoms with Crippen molar-refractivity contribution in [1.29, 1.82) is 5.26 Å². The zero-order chi connectivity index (χ0) is 18.9. The van der Waals surface area contributed by atoms with Gasteiger partial charge in [0.1, 0.15) is 5.75 Å². The molecule has 132 valence electrons. The van der Waals surface area contributed by atoms with Crippen molar-refractivity contribution in [2.24, 2.45) is 0 Å². The molecule has 2 aromatic carbocycles. The maximum Gasteiger partial charge on any atom is 0.331 e. The number of nitrogens with one attached hydrogen (secondary N) is 1. The highest BCUT2D eigenvalue weighted by Gasteiger charge is 2.16. The van der Waals surface area contributed by atoms with E-state index in [1.165, 1.54) is 19.1 Å². The highest BCUT2D eigenvalue weighted by molar-refractivity contribution is 5.96. The van der Waals surface area contributed by atoms with Crippen LogP contribution in [0.1, 0.15) is 18.1 Å². The summed E-state index contributed by atoms with van der Waals surface area (Å²) in [6.45, 7) is 1.47. The smallest absolute Gasteiger partial charge is 0.331 e. The van der Waals surface area contributed by atoms with Crippen LogP contribution >= 0.6 is 0 Å². The fraction of sp³-hybridized carbons (Fsp3) is 0.150. The second-order valence-corrected chi connectivity index (χ2v) is 5.37. The van der Waals surface area contributed by atoms with Crippen molar-refractivity contribution in [2.75, 3.05) is 12.4 Å². The Morgan fingerprint density at radius 1 is 1.19 bits per heavy atom. The summed E-state index contributed by atoms with van der Waals surface area (Å²) in [6.07, 6.45) is 1.84. The van der Waals surface area contributed by atoms with Gasteiger partial charge in [-0.2, -0.15) is 5.26 Å². The van der Waals surface area contributed by atoms with E-state index in [9.17, 15) is 9.59 Å². The van der Waals surface area contributed by atoms with Crippen LogP contribution in [0.2, 0.25) is 0 Å². The topological polar surface area (TPSA) is 88.4 Å². The van der Waals surface area contributed by atoms with Gasteiger partial charge >= 0.3 is 5.97 Å². The van der Waals surface area contributed by atoms with Crippen molar-refractivity contribution in [3.05, 3.63) is 65.7 Å². The number of carbonyl (C=O) groups is 2. The van der Waals surface area contributed by atoms with E-state index < -0.39 is 18.0 Å². The van der Waals surface area contributed by atoms with Crippen LogP contribution in [0.3, 0.4) is 0 Å². The van der Waals surface area contributed by atoms with Crippen LogP contribution in [0.25, 0.3) is 6.08 Å². The van der Waals surface area contributed by atoms with Gasteiger partial charge in [-0.05, 0) is 48.9 Å². The SMILES string of the molecule is COc1cccc(/C=C/C(=O)OC(C)C(=O)Nc2cccc(C#N)c2)c1. The second-order valence-electron chi connectivity index (χ2n) is 5.37. The van der Waals surface area contributed by atoms with Crippen molar-refractivity contribution in [3.63, 3.8) is 0 Å². The molecule has 0 bridgehead atoms. The van der Waals surface area contributed by atoms with E-state index in [4.69, 9.17) is 14.7 Å². The summed E-state index contributed by atoms with van der Waals surface area (Å²) in [6, 6.07) is 15.6. The maximum absolute atomic E-state index is 12.1. The number of hydrogen-bond donors (Lipinski definition) is 1. The molecule has 0 heterocycles. The molecule has 2 aromatic rings. The Morgan fingerprint density at radius 2 is 1.96 bits per heavy atom. The molecule has 0 spiro atoms. The van der Waals surface area contributed by atoms with Gasteiger partial charge in [0, 0.05) is 11.8 Å². The maximum atomic E-state index is 12.1. The molecular formula is C20H18N2O4. The summed E-state index contributed by atoms with van der Waals surface area (Å²) < 4.78 is 10.2. The number of carbonyl (C=O) groups excluding carboxylic acids is 2. The van der Waals surface area contributed by atoms with E-state index in [1.807, 2.05) is 12.1 Å². The summed E-state index contributed by atoms with van der Waals surface area (Å²) in [5.74, 6) is -0.447. The molecule has 0 radical (unpaired) electrons. The van der Waals surface area contributed by atoms with Crippen LogP contribution in [0.5, 0.6) is 5.75 Å². The molecule has 0 fully saturated rings. The largest absolute Gasteiger partial charge is 0.497 e. The molecule has 0 aliphatic carbocycles. The first-order valence-corrected chi connectivity index (χ1v) is 7.85. The van der Waals surface area contributed by atoms with E-state index >= 15 is 0 Å². The number of methoxy groups -OCH3 is 1. The number of ether oxygens (including phenoxy) is 2. The number of esters is 1. The van der Waals surface area contributed by atoms with Gasteiger partial charge < -0.3 is 14.8 Å². The summed E-state index contributed by atoms with van der Waals surface area (Å²) in [5, 5.41) is 11.5. The normalized spacial score (nSPS) is 11.4. The van der Waals surface area contributed by atoms with Crippen LogP contribution < -0.4 is 10.1 Å². The number of amides is 1. The van der Waals surface area contributed by atoms with Gasteiger partial charge in [-0.15, -0.1) is 0 Å².